The third-order valence-corrected chi connectivity index (χ3v) is 3.54. The minimum atomic E-state index is -1.26. The molecule has 0 aliphatic rings. The van der Waals surface area contributed by atoms with Crippen LogP contribution < -0.4 is 5.32 Å². The summed E-state index contributed by atoms with van der Waals surface area (Å²) in [6, 6.07) is 11.5. The topological polar surface area (TPSA) is 115 Å². The molecule has 0 fully saturated rings. The first-order valence-corrected chi connectivity index (χ1v) is 7.33. The highest BCUT2D eigenvalue weighted by atomic mass is 16.4. The predicted molar refractivity (Wildman–Crippen MR) is 88.1 cm³/mol. The minimum absolute atomic E-state index is 0.198. The van der Waals surface area contributed by atoms with Gasteiger partial charge in [0.25, 0.3) is 0 Å². The van der Waals surface area contributed by atoms with Crippen molar-refractivity contribution in [1.29, 1.82) is 0 Å². The van der Waals surface area contributed by atoms with Crippen molar-refractivity contribution in [3.8, 4) is 5.75 Å². The maximum absolute atomic E-state index is 12.0. The fourth-order valence-electron chi connectivity index (χ4n) is 2.36. The van der Waals surface area contributed by atoms with Gasteiger partial charge in [-0.25, -0.2) is 9.78 Å². The number of H-pyrrole nitrogens is 1. The number of carboxylic acids is 1. The number of imidazole rings is 1. The first-order chi connectivity index (χ1) is 11.5. The van der Waals surface area contributed by atoms with Crippen LogP contribution in [0.15, 0.2) is 42.5 Å². The molecule has 0 atom stereocenters. The van der Waals surface area contributed by atoms with Crippen LogP contribution in [0.5, 0.6) is 5.75 Å². The van der Waals surface area contributed by atoms with Crippen molar-refractivity contribution in [1.82, 2.24) is 9.97 Å². The zero-order chi connectivity index (χ0) is 17.1. The third-order valence-electron chi connectivity index (χ3n) is 3.54. The van der Waals surface area contributed by atoms with Gasteiger partial charge >= 0.3 is 5.97 Å². The van der Waals surface area contributed by atoms with Gasteiger partial charge in [0.15, 0.2) is 0 Å². The number of phenols is 1. The first-order valence-electron chi connectivity index (χ1n) is 7.33. The molecule has 0 saturated heterocycles. The van der Waals surface area contributed by atoms with Crippen LogP contribution in [0, 0.1) is 0 Å². The number of aromatic nitrogens is 2. The second-order valence-electron chi connectivity index (χ2n) is 5.29. The summed E-state index contributed by atoms with van der Waals surface area (Å²) in [7, 11) is 0. The molecule has 0 saturated carbocycles. The lowest BCUT2D eigenvalue weighted by Gasteiger charge is -2.06. The van der Waals surface area contributed by atoms with Crippen molar-refractivity contribution in [2.24, 2.45) is 0 Å². The highest BCUT2D eigenvalue weighted by Gasteiger charge is 2.12. The smallest absolute Gasteiger partial charge is 0.339 e. The van der Waals surface area contributed by atoms with Gasteiger partial charge in [0, 0.05) is 18.5 Å². The molecule has 7 heteroatoms. The van der Waals surface area contributed by atoms with Crippen molar-refractivity contribution < 1.29 is 19.8 Å². The Kier molecular flexibility index (Phi) is 4.15. The Hall–Kier alpha value is -3.35. The van der Waals surface area contributed by atoms with Gasteiger partial charge in [-0.3, -0.25) is 4.79 Å². The van der Waals surface area contributed by atoms with Crippen LogP contribution in [0.4, 0.5) is 5.69 Å². The van der Waals surface area contributed by atoms with E-state index in [1.165, 1.54) is 18.2 Å². The zero-order valence-corrected chi connectivity index (χ0v) is 12.6. The molecule has 7 nitrogen and oxygen atoms in total. The fraction of sp³-hybridized carbons (Fsp3) is 0.118. The molecule has 0 spiro atoms. The number of aryl methyl sites for hydroxylation is 1. The number of anilines is 1. The Balaban J connectivity index is 1.63. The third kappa shape index (κ3) is 3.35. The standard InChI is InChI=1S/C17H15N3O4/c21-14-6-5-10(9-11(14)17(23)24)18-16(22)8-7-15-19-12-3-1-2-4-13(12)20-15/h1-6,9,21H,7-8H2,(H,18,22)(H,19,20)(H,23,24). The molecule has 3 aromatic rings. The Morgan fingerprint density at radius 2 is 1.96 bits per heavy atom. The number of para-hydroxylation sites is 2. The van der Waals surface area contributed by atoms with Gasteiger partial charge < -0.3 is 20.5 Å². The second kappa shape index (κ2) is 6.41. The number of rotatable bonds is 5. The van der Waals surface area contributed by atoms with Crippen LogP contribution in [0.3, 0.4) is 0 Å². The van der Waals surface area contributed by atoms with Crippen molar-refractivity contribution in [3.63, 3.8) is 0 Å². The number of carboxylic acid groups (broad SMARTS) is 1. The lowest BCUT2D eigenvalue weighted by atomic mass is 10.1. The number of hydrogen-bond acceptors (Lipinski definition) is 4. The quantitative estimate of drug-likeness (QED) is 0.538. The van der Waals surface area contributed by atoms with Crippen LogP contribution in [0.2, 0.25) is 0 Å². The highest BCUT2D eigenvalue weighted by molar-refractivity contribution is 5.95. The van der Waals surface area contributed by atoms with Crippen molar-refractivity contribution >= 4 is 28.6 Å². The van der Waals surface area contributed by atoms with Gasteiger partial charge in [-0.05, 0) is 30.3 Å². The number of aromatic hydroxyl groups is 1. The van der Waals surface area contributed by atoms with E-state index in [2.05, 4.69) is 15.3 Å². The summed E-state index contributed by atoms with van der Waals surface area (Å²) >= 11 is 0. The average molecular weight is 325 g/mol. The summed E-state index contributed by atoms with van der Waals surface area (Å²) in [6.07, 6.45) is 0.632. The Bertz CT molecular complexity index is 884. The molecule has 0 unspecified atom stereocenters. The minimum Gasteiger partial charge on any atom is -0.507 e. The maximum atomic E-state index is 12.0. The molecular weight excluding hydrogens is 310 g/mol. The highest BCUT2D eigenvalue weighted by Crippen LogP contribution is 2.21. The van der Waals surface area contributed by atoms with E-state index in [1.54, 1.807) is 0 Å². The van der Waals surface area contributed by atoms with E-state index in [-0.39, 0.29) is 23.6 Å². The van der Waals surface area contributed by atoms with Gasteiger partial charge in [-0.1, -0.05) is 12.1 Å². The molecule has 122 valence electrons. The van der Waals surface area contributed by atoms with E-state index in [0.29, 0.717) is 17.9 Å². The number of nitrogens with one attached hydrogen (secondary N) is 2. The van der Waals surface area contributed by atoms with Gasteiger partial charge in [-0.2, -0.15) is 0 Å². The molecule has 0 bridgehead atoms. The Morgan fingerprint density at radius 3 is 2.71 bits per heavy atom. The number of carbonyl (C=O) groups is 2. The van der Waals surface area contributed by atoms with E-state index >= 15 is 0 Å². The summed E-state index contributed by atoms with van der Waals surface area (Å²) in [6.45, 7) is 0. The number of fused-ring (bicyclic) bond motifs is 1. The van der Waals surface area contributed by atoms with E-state index in [1.807, 2.05) is 24.3 Å². The van der Waals surface area contributed by atoms with Crippen LogP contribution >= 0.6 is 0 Å². The monoisotopic (exact) mass is 325 g/mol. The summed E-state index contributed by atoms with van der Waals surface area (Å²) in [5, 5.41) is 21.0. The molecule has 2 aromatic carbocycles. The number of benzene rings is 2. The van der Waals surface area contributed by atoms with E-state index < -0.39 is 5.97 Å². The van der Waals surface area contributed by atoms with E-state index in [4.69, 9.17) is 5.11 Å². The molecule has 1 aromatic heterocycles. The van der Waals surface area contributed by atoms with Crippen molar-refractivity contribution in [2.45, 2.75) is 12.8 Å². The van der Waals surface area contributed by atoms with Crippen molar-refractivity contribution in [3.05, 3.63) is 53.9 Å². The van der Waals surface area contributed by atoms with Crippen molar-refractivity contribution in [2.75, 3.05) is 5.32 Å². The lowest BCUT2D eigenvalue weighted by Crippen LogP contribution is -2.13. The Morgan fingerprint density at radius 1 is 1.17 bits per heavy atom. The van der Waals surface area contributed by atoms with Gasteiger partial charge in [-0.15, -0.1) is 0 Å². The number of hydrogen-bond donors (Lipinski definition) is 4. The molecule has 0 aliphatic heterocycles. The first kappa shape index (κ1) is 15.5. The SMILES string of the molecule is O=C(CCc1nc2ccccc2[nH]1)Nc1ccc(O)c(C(=O)O)c1. The summed E-state index contributed by atoms with van der Waals surface area (Å²) < 4.78 is 0. The van der Waals surface area contributed by atoms with Crippen LogP contribution in [0.1, 0.15) is 22.6 Å². The molecular formula is C17H15N3O4. The molecule has 1 heterocycles. The number of nitrogens with zero attached hydrogens (tertiary/aromatic N) is 1. The molecule has 0 radical (unpaired) electrons. The fourth-order valence-corrected chi connectivity index (χ4v) is 2.36. The van der Waals surface area contributed by atoms with Gasteiger partial charge in [0.1, 0.15) is 17.1 Å². The average Bonchev–Trinajstić information content (AvgIpc) is 2.97. The van der Waals surface area contributed by atoms with E-state index in [0.717, 1.165) is 11.0 Å². The predicted octanol–water partition coefficient (Wildman–Crippen LogP) is 2.54. The molecule has 3 rings (SSSR count). The van der Waals surface area contributed by atoms with Gasteiger partial charge in [0.2, 0.25) is 5.91 Å². The lowest BCUT2D eigenvalue weighted by molar-refractivity contribution is -0.116. The van der Waals surface area contributed by atoms with Crippen LogP contribution in [-0.2, 0) is 11.2 Å². The second-order valence-corrected chi connectivity index (χ2v) is 5.29. The normalized spacial score (nSPS) is 10.7. The molecule has 0 aliphatic carbocycles. The number of amides is 1. The molecule has 4 N–H and O–H groups in total. The number of aromatic amines is 1. The molecule has 24 heavy (non-hydrogen) atoms. The zero-order valence-electron chi connectivity index (χ0n) is 12.6. The van der Waals surface area contributed by atoms with E-state index in [9.17, 15) is 14.7 Å². The summed E-state index contributed by atoms with van der Waals surface area (Å²) in [5.41, 5.74) is 1.82. The number of aromatic carboxylic acids is 1. The maximum Gasteiger partial charge on any atom is 0.339 e. The summed E-state index contributed by atoms with van der Waals surface area (Å²) in [4.78, 5) is 30.5. The van der Waals surface area contributed by atoms with Crippen LogP contribution in [-0.4, -0.2) is 32.1 Å². The molecule has 1 amide bonds. The number of carbonyl (C=O) groups excluding carboxylic acids is 1. The summed E-state index contributed by atoms with van der Waals surface area (Å²) in [5.74, 6) is -1.16. The van der Waals surface area contributed by atoms with Gasteiger partial charge in [0.05, 0.1) is 11.0 Å². The van der Waals surface area contributed by atoms with Crippen LogP contribution in [0.25, 0.3) is 11.0 Å². The Labute approximate surface area is 137 Å². The largest absolute Gasteiger partial charge is 0.507 e.